The topological polar surface area (TPSA) is 3.24 Å². The zero-order chi connectivity index (χ0) is 29.7. The second-order valence-electron chi connectivity index (χ2n) is 12.2. The van der Waals surface area contributed by atoms with Gasteiger partial charge >= 0.3 is 0 Å². The summed E-state index contributed by atoms with van der Waals surface area (Å²) in [5.41, 5.74) is 13.7. The van der Waals surface area contributed by atoms with E-state index in [1.165, 1.54) is 55.3 Å². The molecule has 0 radical (unpaired) electrons. The van der Waals surface area contributed by atoms with Gasteiger partial charge in [-0.15, -0.1) is 0 Å². The standard InChI is InChI=1S/C43H33N/c1-43(2)38-24-11-9-22-36(38)37-29-33(27-28-39(37)43)44(40-25-12-10-21-34(40)30-15-5-3-6-16-30)41-26-14-20-32-19-13-23-35(42(32)41)31-17-7-4-8-18-31/h3-29H,1-2H3. The molecule has 0 saturated carbocycles. The van der Waals surface area contributed by atoms with E-state index in [0.717, 1.165) is 17.1 Å². The summed E-state index contributed by atoms with van der Waals surface area (Å²) in [7, 11) is 0. The molecule has 0 atom stereocenters. The number of para-hydroxylation sites is 1. The normalized spacial score (nSPS) is 13.0. The number of hydrogen-bond donors (Lipinski definition) is 0. The van der Waals surface area contributed by atoms with Crippen LogP contribution in [0.3, 0.4) is 0 Å². The fraction of sp³-hybridized carbons (Fsp3) is 0.0698. The van der Waals surface area contributed by atoms with Gasteiger partial charge in [0.1, 0.15) is 0 Å². The molecule has 0 heterocycles. The van der Waals surface area contributed by atoms with Crippen LogP contribution in [0, 0.1) is 0 Å². The van der Waals surface area contributed by atoms with Crippen molar-refractivity contribution in [2.45, 2.75) is 19.3 Å². The minimum atomic E-state index is -0.0445. The molecule has 210 valence electrons. The molecular weight excluding hydrogens is 530 g/mol. The molecule has 0 saturated heterocycles. The predicted octanol–water partition coefficient (Wildman–Crippen LogP) is 11.9. The van der Waals surface area contributed by atoms with Crippen molar-refractivity contribution in [2.75, 3.05) is 4.90 Å². The molecule has 0 spiro atoms. The summed E-state index contributed by atoms with van der Waals surface area (Å²) in [6, 6.07) is 59.6. The van der Waals surface area contributed by atoms with Crippen molar-refractivity contribution >= 4 is 27.8 Å². The predicted molar refractivity (Wildman–Crippen MR) is 187 cm³/mol. The molecule has 8 rings (SSSR count). The first-order chi connectivity index (χ1) is 21.6. The third-order valence-corrected chi connectivity index (χ3v) is 9.26. The van der Waals surface area contributed by atoms with Gasteiger partial charge in [0, 0.05) is 22.1 Å². The van der Waals surface area contributed by atoms with E-state index >= 15 is 0 Å². The number of anilines is 3. The van der Waals surface area contributed by atoms with Gasteiger partial charge < -0.3 is 4.90 Å². The molecule has 0 aliphatic heterocycles. The van der Waals surface area contributed by atoms with Crippen molar-refractivity contribution in [2.24, 2.45) is 0 Å². The van der Waals surface area contributed by atoms with Gasteiger partial charge in [-0.1, -0.05) is 153 Å². The first-order valence-electron chi connectivity index (χ1n) is 15.4. The number of hydrogen-bond acceptors (Lipinski definition) is 1. The van der Waals surface area contributed by atoms with Crippen LogP contribution in [0.15, 0.2) is 164 Å². The molecule has 1 nitrogen and oxygen atoms in total. The average molecular weight is 564 g/mol. The third-order valence-electron chi connectivity index (χ3n) is 9.26. The molecule has 0 amide bonds. The second kappa shape index (κ2) is 10.4. The number of nitrogens with zero attached hydrogens (tertiary/aromatic N) is 1. The molecule has 1 aliphatic rings. The van der Waals surface area contributed by atoms with Crippen molar-refractivity contribution in [3.8, 4) is 33.4 Å². The van der Waals surface area contributed by atoms with Crippen molar-refractivity contribution < 1.29 is 0 Å². The summed E-state index contributed by atoms with van der Waals surface area (Å²) in [6.07, 6.45) is 0. The minimum absolute atomic E-state index is 0.0445. The molecular formula is C43H33N. The van der Waals surface area contributed by atoms with Gasteiger partial charge in [-0.2, -0.15) is 0 Å². The van der Waals surface area contributed by atoms with Crippen LogP contribution in [0.2, 0.25) is 0 Å². The van der Waals surface area contributed by atoms with Crippen LogP contribution in [-0.4, -0.2) is 0 Å². The summed E-state index contributed by atoms with van der Waals surface area (Å²) >= 11 is 0. The van der Waals surface area contributed by atoms with Gasteiger partial charge in [-0.25, -0.2) is 0 Å². The molecule has 1 heteroatoms. The van der Waals surface area contributed by atoms with E-state index in [-0.39, 0.29) is 5.41 Å². The zero-order valence-electron chi connectivity index (χ0n) is 25.0. The fourth-order valence-corrected chi connectivity index (χ4v) is 7.15. The van der Waals surface area contributed by atoms with Gasteiger partial charge in [0.25, 0.3) is 0 Å². The smallest absolute Gasteiger partial charge is 0.0546 e. The van der Waals surface area contributed by atoms with E-state index in [1.54, 1.807) is 0 Å². The maximum atomic E-state index is 2.48. The number of fused-ring (bicyclic) bond motifs is 4. The molecule has 1 aliphatic carbocycles. The Morgan fingerprint density at radius 3 is 1.70 bits per heavy atom. The molecule has 0 fully saturated rings. The van der Waals surface area contributed by atoms with Crippen LogP contribution >= 0.6 is 0 Å². The van der Waals surface area contributed by atoms with Crippen molar-refractivity contribution in [1.82, 2.24) is 0 Å². The van der Waals surface area contributed by atoms with Crippen LogP contribution in [0.5, 0.6) is 0 Å². The Morgan fingerprint density at radius 1 is 0.409 bits per heavy atom. The molecule has 7 aromatic rings. The Labute approximate surface area is 259 Å². The second-order valence-corrected chi connectivity index (χ2v) is 12.2. The SMILES string of the molecule is CC1(C)c2ccccc2-c2cc(N(c3ccccc3-c3ccccc3)c3cccc4cccc(-c5ccccc5)c34)ccc21. The maximum Gasteiger partial charge on any atom is 0.0546 e. The maximum absolute atomic E-state index is 2.48. The Morgan fingerprint density at radius 2 is 0.955 bits per heavy atom. The van der Waals surface area contributed by atoms with Gasteiger partial charge in [0.2, 0.25) is 0 Å². The largest absolute Gasteiger partial charge is 0.309 e. The van der Waals surface area contributed by atoms with Crippen LogP contribution < -0.4 is 4.90 Å². The van der Waals surface area contributed by atoms with Gasteiger partial charge in [0.05, 0.1) is 11.4 Å². The number of benzene rings is 7. The van der Waals surface area contributed by atoms with E-state index < -0.39 is 0 Å². The van der Waals surface area contributed by atoms with Gasteiger partial charge in [-0.05, 0) is 68.6 Å². The summed E-state index contributed by atoms with van der Waals surface area (Å²) in [4.78, 5) is 2.48. The molecule has 7 aromatic carbocycles. The van der Waals surface area contributed by atoms with E-state index in [4.69, 9.17) is 0 Å². The van der Waals surface area contributed by atoms with Crippen LogP contribution in [0.4, 0.5) is 17.1 Å². The van der Waals surface area contributed by atoms with Crippen LogP contribution in [0.25, 0.3) is 44.2 Å². The molecule has 0 bridgehead atoms. The van der Waals surface area contributed by atoms with E-state index in [2.05, 4.69) is 183 Å². The molecule has 0 unspecified atom stereocenters. The monoisotopic (exact) mass is 563 g/mol. The first-order valence-corrected chi connectivity index (χ1v) is 15.4. The molecule has 0 aromatic heterocycles. The molecule has 0 N–H and O–H groups in total. The Kier molecular flexibility index (Phi) is 6.20. The van der Waals surface area contributed by atoms with Crippen molar-refractivity contribution in [3.63, 3.8) is 0 Å². The van der Waals surface area contributed by atoms with Crippen LogP contribution in [0.1, 0.15) is 25.0 Å². The first kappa shape index (κ1) is 26.2. The summed E-state index contributed by atoms with van der Waals surface area (Å²) in [5.74, 6) is 0. The van der Waals surface area contributed by atoms with E-state index in [1.807, 2.05) is 0 Å². The number of rotatable bonds is 5. The lowest BCUT2D eigenvalue weighted by atomic mass is 9.82. The highest BCUT2D eigenvalue weighted by molar-refractivity contribution is 6.08. The lowest BCUT2D eigenvalue weighted by molar-refractivity contribution is 0.660. The lowest BCUT2D eigenvalue weighted by Gasteiger charge is -2.30. The Bertz CT molecular complexity index is 2140. The van der Waals surface area contributed by atoms with E-state index in [0.29, 0.717) is 0 Å². The highest BCUT2D eigenvalue weighted by Crippen LogP contribution is 2.52. The lowest BCUT2D eigenvalue weighted by Crippen LogP contribution is -2.15. The minimum Gasteiger partial charge on any atom is -0.309 e. The quantitative estimate of drug-likeness (QED) is 0.201. The summed E-state index contributed by atoms with van der Waals surface area (Å²) < 4.78 is 0. The van der Waals surface area contributed by atoms with Gasteiger partial charge in [0.15, 0.2) is 0 Å². The zero-order valence-corrected chi connectivity index (χ0v) is 25.0. The third kappa shape index (κ3) is 4.16. The summed E-state index contributed by atoms with van der Waals surface area (Å²) in [6.45, 7) is 4.69. The van der Waals surface area contributed by atoms with Gasteiger partial charge in [-0.3, -0.25) is 0 Å². The Balaban J connectivity index is 1.44. The van der Waals surface area contributed by atoms with Crippen LogP contribution in [-0.2, 0) is 5.41 Å². The highest BCUT2D eigenvalue weighted by atomic mass is 15.1. The van der Waals surface area contributed by atoms with E-state index in [9.17, 15) is 0 Å². The summed E-state index contributed by atoms with van der Waals surface area (Å²) in [5, 5.41) is 2.46. The molecule has 44 heavy (non-hydrogen) atoms. The van der Waals surface area contributed by atoms with Crippen molar-refractivity contribution in [3.05, 3.63) is 175 Å². The Hall–Kier alpha value is -5.40. The fourth-order valence-electron chi connectivity index (χ4n) is 7.15. The highest BCUT2D eigenvalue weighted by Gasteiger charge is 2.35. The van der Waals surface area contributed by atoms with Crippen molar-refractivity contribution in [1.29, 1.82) is 0 Å². The average Bonchev–Trinajstić information content (AvgIpc) is 3.31.